The molecule has 3 heterocycles. The number of fused-ring (bicyclic) bond motifs is 1. The number of nitrogens with zero attached hydrogens (tertiary/aromatic N) is 7. The van der Waals surface area contributed by atoms with Gasteiger partial charge in [-0.25, -0.2) is 24.9 Å². The van der Waals surface area contributed by atoms with E-state index in [2.05, 4.69) is 67.2 Å². The predicted molar refractivity (Wildman–Crippen MR) is 104 cm³/mol. The monoisotopic (exact) mass is 474 g/mol. The zero-order chi connectivity index (χ0) is 18.1. The molecule has 0 aliphatic carbocycles. The first-order valence-electron chi connectivity index (χ1n) is 7.67. The highest BCUT2D eigenvalue weighted by Gasteiger charge is 2.18. The van der Waals surface area contributed by atoms with Crippen molar-refractivity contribution in [3.8, 4) is 5.95 Å². The van der Waals surface area contributed by atoms with Crippen molar-refractivity contribution in [1.29, 1.82) is 0 Å². The SMILES string of the molecule is CC(Nc1ncnc2c(Br)cc(Br)cc12)c1ncnn1-c1ncccn1. The molecule has 4 rings (SSSR count). The van der Waals surface area contributed by atoms with Crippen molar-refractivity contribution < 1.29 is 0 Å². The summed E-state index contributed by atoms with van der Waals surface area (Å²) in [7, 11) is 0. The van der Waals surface area contributed by atoms with Crippen LogP contribution in [0, 0.1) is 0 Å². The van der Waals surface area contributed by atoms with Gasteiger partial charge in [-0.05, 0) is 41.1 Å². The van der Waals surface area contributed by atoms with E-state index in [9.17, 15) is 0 Å². The Hall–Kier alpha value is -2.46. The summed E-state index contributed by atoms with van der Waals surface area (Å²) in [5, 5.41) is 8.50. The molecule has 26 heavy (non-hydrogen) atoms. The third kappa shape index (κ3) is 3.17. The van der Waals surface area contributed by atoms with Crippen molar-refractivity contribution in [3.05, 3.63) is 58.0 Å². The van der Waals surface area contributed by atoms with Crippen molar-refractivity contribution >= 4 is 48.6 Å². The van der Waals surface area contributed by atoms with Gasteiger partial charge in [-0.1, -0.05) is 15.9 Å². The Kier molecular flexibility index (Phi) is 4.60. The summed E-state index contributed by atoms with van der Waals surface area (Å²) >= 11 is 7.05. The van der Waals surface area contributed by atoms with Crippen LogP contribution < -0.4 is 5.32 Å². The van der Waals surface area contributed by atoms with Crippen LogP contribution in [0.5, 0.6) is 0 Å². The van der Waals surface area contributed by atoms with Crippen LogP contribution in [0.25, 0.3) is 16.9 Å². The third-order valence-corrected chi connectivity index (χ3v) is 4.78. The van der Waals surface area contributed by atoms with Gasteiger partial charge in [0.15, 0.2) is 5.82 Å². The topological polar surface area (TPSA) is 94.3 Å². The minimum Gasteiger partial charge on any atom is -0.360 e. The van der Waals surface area contributed by atoms with Crippen molar-refractivity contribution in [3.63, 3.8) is 0 Å². The van der Waals surface area contributed by atoms with Crippen molar-refractivity contribution in [1.82, 2.24) is 34.7 Å². The summed E-state index contributed by atoms with van der Waals surface area (Å²) in [6.07, 6.45) is 6.34. The summed E-state index contributed by atoms with van der Waals surface area (Å²) in [6.45, 7) is 1.98. The molecule has 0 fully saturated rings. The Morgan fingerprint density at radius 2 is 1.81 bits per heavy atom. The fourth-order valence-electron chi connectivity index (χ4n) is 2.58. The standard InChI is InChI=1S/C16H12Br2N8/c1-9(15-23-8-24-26(15)16-19-3-2-4-20-16)25-14-11-5-10(17)6-12(18)13(11)21-7-22-14/h2-9H,1H3,(H,21,22,25). The molecule has 3 aromatic heterocycles. The Morgan fingerprint density at radius 1 is 1.00 bits per heavy atom. The molecule has 4 aromatic rings. The van der Waals surface area contributed by atoms with Gasteiger partial charge in [0.1, 0.15) is 18.5 Å². The highest BCUT2D eigenvalue weighted by atomic mass is 79.9. The van der Waals surface area contributed by atoms with Crippen LogP contribution in [0.15, 0.2) is 52.2 Å². The van der Waals surface area contributed by atoms with Gasteiger partial charge in [0, 0.05) is 26.7 Å². The van der Waals surface area contributed by atoms with Gasteiger partial charge in [-0.15, -0.1) is 0 Å². The quantitative estimate of drug-likeness (QED) is 0.480. The number of nitrogens with one attached hydrogen (secondary N) is 1. The molecule has 0 aliphatic rings. The zero-order valence-corrected chi connectivity index (χ0v) is 16.7. The van der Waals surface area contributed by atoms with E-state index in [0.29, 0.717) is 17.6 Å². The fraction of sp³-hybridized carbons (Fsp3) is 0.125. The lowest BCUT2D eigenvalue weighted by atomic mass is 10.2. The molecule has 1 N–H and O–H groups in total. The van der Waals surface area contributed by atoms with Crippen LogP contribution in [-0.2, 0) is 0 Å². The number of benzene rings is 1. The lowest BCUT2D eigenvalue weighted by Gasteiger charge is -2.16. The van der Waals surface area contributed by atoms with Crippen LogP contribution in [0.2, 0.25) is 0 Å². The number of halogens is 2. The first-order valence-corrected chi connectivity index (χ1v) is 9.25. The van der Waals surface area contributed by atoms with Gasteiger partial charge in [-0.3, -0.25) is 0 Å². The molecule has 0 amide bonds. The number of hydrogen-bond donors (Lipinski definition) is 1. The highest BCUT2D eigenvalue weighted by Crippen LogP contribution is 2.31. The predicted octanol–water partition coefficient (Wildman–Crippen LogP) is 3.70. The van der Waals surface area contributed by atoms with Gasteiger partial charge >= 0.3 is 0 Å². The van der Waals surface area contributed by atoms with E-state index >= 15 is 0 Å². The molecule has 0 aliphatic heterocycles. The minimum atomic E-state index is -0.183. The maximum absolute atomic E-state index is 4.39. The van der Waals surface area contributed by atoms with Crippen molar-refractivity contribution in [2.24, 2.45) is 0 Å². The number of anilines is 1. The lowest BCUT2D eigenvalue weighted by molar-refractivity contribution is 0.694. The van der Waals surface area contributed by atoms with Crippen LogP contribution >= 0.6 is 31.9 Å². The summed E-state index contributed by atoms with van der Waals surface area (Å²) in [6, 6.07) is 5.49. The third-order valence-electron chi connectivity index (χ3n) is 3.71. The van der Waals surface area contributed by atoms with Crippen molar-refractivity contribution in [2.45, 2.75) is 13.0 Å². The smallest absolute Gasteiger partial charge is 0.252 e. The van der Waals surface area contributed by atoms with E-state index < -0.39 is 0 Å². The Labute approximate surface area is 165 Å². The second kappa shape index (κ2) is 7.04. The van der Waals surface area contributed by atoms with Crippen LogP contribution in [0.4, 0.5) is 5.82 Å². The molecule has 1 atom stereocenters. The van der Waals surface area contributed by atoms with Gasteiger partial charge in [0.25, 0.3) is 5.95 Å². The van der Waals surface area contributed by atoms with Gasteiger partial charge < -0.3 is 5.32 Å². The molecule has 130 valence electrons. The van der Waals surface area contributed by atoms with Gasteiger partial charge in [0.05, 0.1) is 11.6 Å². The van der Waals surface area contributed by atoms with Crippen LogP contribution in [-0.4, -0.2) is 34.7 Å². The molecule has 0 saturated carbocycles. The zero-order valence-electron chi connectivity index (χ0n) is 13.5. The molecule has 0 bridgehead atoms. The second-order valence-corrected chi connectivity index (χ2v) is 7.22. The molecule has 0 spiro atoms. The first kappa shape index (κ1) is 17.0. The molecule has 8 nitrogen and oxygen atoms in total. The van der Waals surface area contributed by atoms with E-state index in [-0.39, 0.29) is 6.04 Å². The van der Waals surface area contributed by atoms with E-state index in [1.54, 1.807) is 23.1 Å². The van der Waals surface area contributed by atoms with Crippen LogP contribution in [0.1, 0.15) is 18.8 Å². The molecule has 0 saturated heterocycles. The van der Waals surface area contributed by atoms with Gasteiger partial charge in [0.2, 0.25) is 0 Å². The Balaban J connectivity index is 1.71. The molecule has 1 aromatic carbocycles. The highest BCUT2D eigenvalue weighted by molar-refractivity contribution is 9.11. The maximum atomic E-state index is 4.39. The fourth-order valence-corrected chi connectivity index (χ4v) is 3.90. The molecule has 10 heteroatoms. The summed E-state index contributed by atoms with van der Waals surface area (Å²) in [4.78, 5) is 21.5. The largest absolute Gasteiger partial charge is 0.360 e. The van der Waals surface area contributed by atoms with E-state index in [0.717, 1.165) is 19.8 Å². The molecule has 1 unspecified atom stereocenters. The number of rotatable bonds is 4. The Morgan fingerprint density at radius 3 is 2.62 bits per heavy atom. The summed E-state index contributed by atoms with van der Waals surface area (Å²) in [5.41, 5.74) is 0.825. The van der Waals surface area contributed by atoms with Crippen LogP contribution in [0.3, 0.4) is 0 Å². The maximum Gasteiger partial charge on any atom is 0.252 e. The second-order valence-electron chi connectivity index (χ2n) is 5.45. The average Bonchev–Trinajstić information content (AvgIpc) is 3.13. The van der Waals surface area contributed by atoms with Crippen molar-refractivity contribution in [2.75, 3.05) is 5.32 Å². The van der Waals surface area contributed by atoms with E-state index in [1.165, 1.54) is 12.7 Å². The van der Waals surface area contributed by atoms with E-state index in [1.807, 2.05) is 19.1 Å². The first-order chi connectivity index (χ1) is 12.6. The summed E-state index contributed by atoms with van der Waals surface area (Å²) in [5.74, 6) is 1.84. The molecular formula is C16H12Br2N8. The normalized spacial score (nSPS) is 12.3. The molecular weight excluding hydrogens is 464 g/mol. The lowest BCUT2D eigenvalue weighted by Crippen LogP contribution is -2.16. The molecule has 0 radical (unpaired) electrons. The van der Waals surface area contributed by atoms with Gasteiger partial charge in [-0.2, -0.15) is 9.78 Å². The number of hydrogen-bond acceptors (Lipinski definition) is 7. The van der Waals surface area contributed by atoms with E-state index in [4.69, 9.17) is 0 Å². The Bertz CT molecular complexity index is 1070. The number of aromatic nitrogens is 7. The summed E-state index contributed by atoms with van der Waals surface area (Å²) < 4.78 is 3.43. The average molecular weight is 476 g/mol. The minimum absolute atomic E-state index is 0.183.